The van der Waals surface area contributed by atoms with Crippen LogP contribution in [0.15, 0.2) is 24.5 Å². The number of halogens is 2. The summed E-state index contributed by atoms with van der Waals surface area (Å²) in [6, 6.07) is 3.82. The minimum absolute atomic E-state index is 0.402. The summed E-state index contributed by atoms with van der Waals surface area (Å²) in [6.07, 6.45) is 4.07. The maximum atomic E-state index is 5.93. The largest absolute Gasteiger partial charge is 0.264 e. The summed E-state index contributed by atoms with van der Waals surface area (Å²) < 4.78 is 0. The Kier molecular flexibility index (Phi) is 3.36. The highest BCUT2D eigenvalue weighted by Gasteiger charge is 2.07. The molecule has 0 aliphatic rings. The second-order valence-electron chi connectivity index (χ2n) is 3.38. The Morgan fingerprint density at radius 3 is 2.44 bits per heavy atom. The van der Waals surface area contributed by atoms with Crippen molar-refractivity contribution in [3.8, 4) is 0 Å². The van der Waals surface area contributed by atoms with Crippen molar-refractivity contribution < 1.29 is 0 Å². The molecule has 3 nitrogen and oxygen atoms in total. The van der Waals surface area contributed by atoms with Crippen molar-refractivity contribution in [1.29, 1.82) is 0 Å². The van der Waals surface area contributed by atoms with Crippen molar-refractivity contribution in [3.05, 3.63) is 51.8 Å². The summed E-state index contributed by atoms with van der Waals surface area (Å²) in [5, 5.41) is 0.804. The first-order chi connectivity index (χ1) is 7.66. The van der Waals surface area contributed by atoms with E-state index in [1.165, 1.54) is 0 Å². The van der Waals surface area contributed by atoms with E-state index in [1.54, 1.807) is 19.3 Å². The second kappa shape index (κ2) is 4.76. The molecule has 0 aromatic carbocycles. The highest BCUT2D eigenvalue weighted by Crippen LogP contribution is 2.20. The highest BCUT2D eigenvalue weighted by molar-refractivity contribution is 6.34. The van der Waals surface area contributed by atoms with Gasteiger partial charge in [-0.3, -0.25) is 4.98 Å². The van der Waals surface area contributed by atoms with E-state index in [0.29, 0.717) is 28.1 Å². The smallest absolute Gasteiger partial charge is 0.137 e. The summed E-state index contributed by atoms with van der Waals surface area (Å²) in [5.41, 5.74) is 1.73. The maximum absolute atomic E-state index is 5.93. The molecule has 0 N–H and O–H groups in total. The van der Waals surface area contributed by atoms with E-state index >= 15 is 0 Å². The lowest BCUT2D eigenvalue weighted by molar-refractivity contribution is 0.950. The van der Waals surface area contributed by atoms with Gasteiger partial charge in [0.1, 0.15) is 16.1 Å². The van der Waals surface area contributed by atoms with Gasteiger partial charge in [-0.1, -0.05) is 29.3 Å². The van der Waals surface area contributed by atoms with Gasteiger partial charge >= 0.3 is 0 Å². The van der Waals surface area contributed by atoms with Gasteiger partial charge in [0.15, 0.2) is 0 Å². The zero-order chi connectivity index (χ0) is 11.5. The third-order valence-corrected chi connectivity index (χ3v) is 2.89. The van der Waals surface area contributed by atoms with Crippen LogP contribution < -0.4 is 0 Å². The Hall–Kier alpha value is -1.19. The standard InChI is InChI=1S/C11H9Cl2N3/c1-7-10(12)15-9(16-11(7)13)5-8-3-2-4-14-6-8/h2-4,6H,5H2,1H3. The molecule has 0 bridgehead atoms. The van der Waals surface area contributed by atoms with Crippen molar-refractivity contribution >= 4 is 23.2 Å². The molecule has 0 fully saturated rings. The van der Waals surface area contributed by atoms with Gasteiger partial charge in [0.25, 0.3) is 0 Å². The fraction of sp³-hybridized carbons (Fsp3) is 0.182. The van der Waals surface area contributed by atoms with Gasteiger partial charge in [-0.15, -0.1) is 0 Å². The lowest BCUT2D eigenvalue weighted by Crippen LogP contribution is -1.99. The molecule has 5 heteroatoms. The van der Waals surface area contributed by atoms with Crippen LogP contribution in [0, 0.1) is 6.92 Å². The molecule has 0 saturated heterocycles. The Morgan fingerprint density at radius 1 is 1.19 bits per heavy atom. The summed E-state index contributed by atoms with van der Waals surface area (Å²) >= 11 is 11.9. The van der Waals surface area contributed by atoms with Gasteiger partial charge in [0.2, 0.25) is 0 Å². The molecule has 2 heterocycles. The summed E-state index contributed by atoms with van der Waals surface area (Å²) in [5.74, 6) is 0.605. The topological polar surface area (TPSA) is 38.7 Å². The number of rotatable bonds is 2. The first-order valence-corrected chi connectivity index (χ1v) is 5.50. The Labute approximate surface area is 103 Å². The molecule has 0 atom stereocenters. The minimum Gasteiger partial charge on any atom is -0.264 e. The molecule has 16 heavy (non-hydrogen) atoms. The molecule has 0 unspecified atom stereocenters. The average Bonchev–Trinajstić information content (AvgIpc) is 2.27. The van der Waals surface area contributed by atoms with Crippen LogP contribution in [0.5, 0.6) is 0 Å². The quantitative estimate of drug-likeness (QED) is 0.773. The summed E-state index contributed by atoms with van der Waals surface area (Å²) in [4.78, 5) is 12.4. The van der Waals surface area contributed by atoms with E-state index in [4.69, 9.17) is 23.2 Å². The first kappa shape index (κ1) is 11.3. The summed E-state index contributed by atoms with van der Waals surface area (Å²) in [6.45, 7) is 1.79. The zero-order valence-corrected chi connectivity index (χ0v) is 10.1. The molecule has 0 aliphatic carbocycles. The Morgan fingerprint density at radius 2 is 1.88 bits per heavy atom. The maximum Gasteiger partial charge on any atom is 0.137 e. The van der Waals surface area contributed by atoms with Gasteiger partial charge in [-0.25, -0.2) is 9.97 Å². The molecule has 2 aromatic rings. The average molecular weight is 254 g/mol. The molecule has 0 saturated carbocycles. The molecule has 0 aliphatic heterocycles. The van der Waals surface area contributed by atoms with E-state index < -0.39 is 0 Å². The predicted molar refractivity (Wildman–Crippen MR) is 63.8 cm³/mol. The monoisotopic (exact) mass is 253 g/mol. The molecular formula is C11H9Cl2N3. The third-order valence-electron chi connectivity index (χ3n) is 2.16. The van der Waals surface area contributed by atoms with Crippen molar-refractivity contribution in [2.24, 2.45) is 0 Å². The Bertz CT molecular complexity index is 477. The number of hydrogen-bond donors (Lipinski definition) is 0. The van der Waals surface area contributed by atoms with Crippen LogP contribution >= 0.6 is 23.2 Å². The van der Waals surface area contributed by atoms with Gasteiger partial charge in [-0.05, 0) is 18.6 Å². The fourth-order valence-electron chi connectivity index (χ4n) is 1.27. The lowest BCUT2D eigenvalue weighted by atomic mass is 10.2. The van der Waals surface area contributed by atoms with E-state index in [2.05, 4.69) is 15.0 Å². The van der Waals surface area contributed by atoms with Crippen LogP contribution in [0.4, 0.5) is 0 Å². The number of nitrogens with zero attached hydrogens (tertiary/aromatic N) is 3. The van der Waals surface area contributed by atoms with Crippen molar-refractivity contribution in [2.75, 3.05) is 0 Å². The van der Waals surface area contributed by atoms with Crippen molar-refractivity contribution in [1.82, 2.24) is 15.0 Å². The molecular weight excluding hydrogens is 245 g/mol. The molecule has 0 radical (unpaired) electrons. The molecule has 2 rings (SSSR count). The van der Waals surface area contributed by atoms with Crippen molar-refractivity contribution in [3.63, 3.8) is 0 Å². The van der Waals surface area contributed by atoms with Crippen LogP contribution in [0.1, 0.15) is 17.0 Å². The number of hydrogen-bond acceptors (Lipinski definition) is 3. The van der Waals surface area contributed by atoms with Crippen LogP contribution in [0.3, 0.4) is 0 Å². The van der Waals surface area contributed by atoms with E-state index in [1.807, 2.05) is 12.1 Å². The highest BCUT2D eigenvalue weighted by atomic mass is 35.5. The van der Waals surface area contributed by atoms with E-state index in [-0.39, 0.29) is 0 Å². The minimum atomic E-state index is 0.402. The fourth-order valence-corrected chi connectivity index (χ4v) is 1.69. The van der Waals surface area contributed by atoms with E-state index in [9.17, 15) is 0 Å². The molecule has 2 aromatic heterocycles. The molecule has 82 valence electrons. The predicted octanol–water partition coefficient (Wildman–Crippen LogP) is 3.08. The lowest BCUT2D eigenvalue weighted by Gasteiger charge is -2.04. The Balaban J connectivity index is 2.29. The van der Waals surface area contributed by atoms with E-state index in [0.717, 1.165) is 5.56 Å². The first-order valence-electron chi connectivity index (χ1n) is 4.74. The van der Waals surface area contributed by atoms with Crippen LogP contribution in [-0.2, 0) is 6.42 Å². The number of aromatic nitrogens is 3. The SMILES string of the molecule is Cc1c(Cl)nc(Cc2cccnc2)nc1Cl. The van der Waals surface area contributed by atoms with Crippen molar-refractivity contribution in [2.45, 2.75) is 13.3 Å². The molecule has 0 spiro atoms. The van der Waals surface area contributed by atoms with Crippen LogP contribution in [0.25, 0.3) is 0 Å². The van der Waals surface area contributed by atoms with Crippen LogP contribution in [-0.4, -0.2) is 15.0 Å². The zero-order valence-electron chi connectivity index (χ0n) is 8.61. The van der Waals surface area contributed by atoms with Gasteiger partial charge in [0.05, 0.1) is 0 Å². The third kappa shape index (κ3) is 2.49. The second-order valence-corrected chi connectivity index (χ2v) is 4.10. The van der Waals surface area contributed by atoms with Gasteiger partial charge in [-0.2, -0.15) is 0 Å². The van der Waals surface area contributed by atoms with Crippen LogP contribution in [0.2, 0.25) is 10.3 Å². The normalized spacial score (nSPS) is 10.4. The number of pyridine rings is 1. The van der Waals surface area contributed by atoms with Gasteiger partial charge < -0.3 is 0 Å². The van der Waals surface area contributed by atoms with Gasteiger partial charge in [0, 0.05) is 24.4 Å². The summed E-state index contributed by atoms with van der Waals surface area (Å²) in [7, 11) is 0. The molecule has 0 amide bonds.